The van der Waals surface area contributed by atoms with Gasteiger partial charge in [-0.05, 0) is 24.3 Å². The molecule has 0 radical (unpaired) electrons. The van der Waals surface area contributed by atoms with Crippen LogP contribution < -0.4 is 11.1 Å². The minimum Gasteiger partial charge on any atom is -0.396 e. The van der Waals surface area contributed by atoms with E-state index in [9.17, 15) is 13.6 Å². The predicted molar refractivity (Wildman–Crippen MR) is 74.8 cm³/mol. The Morgan fingerprint density at radius 1 is 1.24 bits per heavy atom. The maximum atomic E-state index is 13.8. The van der Waals surface area contributed by atoms with Gasteiger partial charge in [-0.3, -0.25) is 4.79 Å². The number of amides is 1. The van der Waals surface area contributed by atoms with E-state index in [0.29, 0.717) is 11.0 Å². The summed E-state index contributed by atoms with van der Waals surface area (Å²) in [5.41, 5.74) is 5.32. The standard InChI is InChI=1S/C14H10F2N4O/c15-9-1-2-10(17)11(16)12(9)20-14(21)8-4-6-19-13-7(8)3-5-18-13/h1-6H,17H2,(H,18,19)(H,20,21). The van der Waals surface area contributed by atoms with Crippen molar-refractivity contribution in [1.29, 1.82) is 0 Å². The molecule has 2 heterocycles. The fraction of sp³-hybridized carbons (Fsp3) is 0. The molecule has 3 aromatic rings. The summed E-state index contributed by atoms with van der Waals surface area (Å²) >= 11 is 0. The minimum atomic E-state index is -0.997. The quantitative estimate of drug-likeness (QED) is 0.634. The first-order valence-corrected chi connectivity index (χ1v) is 6.05. The predicted octanol–water partition coefficient (Wildman–Crippen LogP) is 2.68. The van der Waals surface area contributed by atoms with Crippen LogP contribution in [0.15, 0.2) is 36.7 Å². The first-order valence-electron chi connectivity index (χ1n) is 6.05. The third kappa shape index (κ3) is 2.18. The summed E-state index contributed by atoms with van der Waals surface area (Å²) in [5, 5.41) is 2.76. The molecule has 0 aliphatic heterocycles. The summed E-state index contributed by atoms with van der Waals surface area (Å²) in [5.74, 6) is -2.54. The SMILES string of the molecule is Nc1ccc(F)c(NC(=O)c2ccnc3[nH]ccc23)c1F. The van der Waals surface area contributed by atoms with Gasteiger partial charge in [-0.2, -0.15) is 0 Å². The fourth-order valence-corrected chi connectivity index (χ4v) is 2.02. The first kappa shape index (κ1) is 13.0. The van der Waals surface area contributed by atoms with Crippen LogP contribution in [0.2, 0.25) is 0 Å². The molecule has 2 aromatic heterocycles. The number of anilines is 2. The summed E-state index contributed by atoms with van der Waals surface area (Å²) < 4.78 is 27.4. The fourth-order valence-electron chi connectivity index (χ4n) is 2.02. The normalized spacial score (nSPS) is 10.8. The van der Waals surface area contributed by atoms with Crippen LogP contribution in [0, 0.1) is 11.6 Å². The molecule has 0 spiro atoms. The van der Waals surface area contributed by atoms with E-state index in [0.717, 1.165) is 12.1 Å². The van der Waals surface area contributed by atoms with Gasteiger partial charge in [0, 0.05) is 17.8 Å². The zero-order valence-electron chi connectivity index (χ0n) is 10.7. The average Bonchev–Trinajstić information content (AvgIpc) is 2.95. The molecule has 3 rings (SSSR count). The molecule has 0 aliphatic rings. The molecular weight excluding hydrogens is 278 g/mol. The summed E-state index contributed by atoms with van der Waals surface area (Å²) in [7, 11) is 0. The van der Waals surface area contributed by atoms with Crippen molar-refractivity contribution < 1.29 is 13.6 Å². The second-order valence-corrected chi connectivity index (χ2v) is 4.38. The number of halogens is 2. The van der Waals surface area contributed by atoms with Crippen LogP contribution in [0.3, 0.4) is 0 Å². The summed E-state index contributed by atoms with van der Waals surface area (Å²) in [6.07, 6.45) is 3.05. The van der Waals surface area contributed by atoms with E-state index in [-0.39, 0.29) is 11.3 Å². The van der Waals surface area contributed by atoms with E-state index < -0.39 is 23.2 Å². The van der Waals surface area contributed by atoms with E-state index in [2.05, 4.69) is 15.3 Å². The minimum absolute atomic E-state index is 0.242. The number of aromatic nitrogens is 2. The van der Waals surface area contributed by atoms with E-state index in [1.165, 1.54) is 12.3 Å². The van der Waals surface area contributed by atoms with Gasteiger partial charge in [-0.1, -0.05) is 0 Å². The molecule has 4 N–H and O–H groups in total. The number of hydrogen-bond acceptors (Lipinski definition) is 3. The number of aromatic amines is 1. The molecule has 0 unspecified atom stereocenters. The Kier molecular flexibility index (Phi) is 3.02. The Bertz CT molecular complexity index is 844. The van der Waals surface area contributed by atoms with Crippen molar-refractivity contribution in [2.24, 2.45) is 0 Å². The maximum Gasteiger partial charge on any atom is 0.256 e. The molecule has 21 heavy (non-hydrogen) atoms. The topological polar surface area (TPSA) is 83.8 Å². The van der Waals surface area contributed by atoms with Gasteiger partial charge in [0.1, 0.15) is 17.2 Å². The highest BCUT2D eigenvalue weighted by atomic mass is 19.1. The zero-order valence-corrected chi connectivity index (χ0v) is 10.7. The van der Waals surface area contributed by atoms with Gasteiger partial charge in [0.2, 0.25) is 0 Å². The van der Waals surface area contributed by atoms with Crippen molar-refractivity contribution in [3.63, 3.8) is 0 Å². The monoisotopic (exact) mass is 288 g/mol. The van der Waals surface area contributed by atoms with Crippen molar-refractivity contribution in [2.75, 3.05) is 11.1 Å². The van der Waals surface area contributed by atoms with E-state index in [1.54, 1.807) is 12.3 Å². The molecule has 0 fully saturated rings. The Hall–Kier alpha value is -2.96. The van der Waals surface area contributed by atoms with Crippen molar-refractivity contribution >= 4 is 28.3 Å². The number of benzene rings is 1. The van der Waals surface area contributed by atoms with Crippen LogP contribution in [0.4, 0.5) is 20.2 Å². The van der Waals surface area contributed by atoms with Crippen LogP contribution in [0.25, 0.3) is 11.0 Å². The lowest BCUT2D eigenvalue weighted by Crippen LogP contribution is -2.15. The van der Waals surface area contributed by atoms with Crippen LogP contribution in [0.5, 0.6) is 0 Å². The zero-order chi connectivity index (χ0) is 15.0. The van der Waals surface area contributed by atoms with Crippen molar-refractivity contribution in [3.8, 4) is 0 Å². The molecule has 0 atom stereocenters. The lowest BCUT2D eigenvalue weighted by molar-refractivity contribution is 0.102. The second-order valence-electron chi connectivity index (χ2n) is 4.38. The Labute approximate surface area is 117 Å². The Balaban J connectivity index is 2.01. The Morgan fingerprint density at radius 2 is 2.05 bits per heavy atom. The van der Waals surface area contributed by atoms with Crippen LogP contribution in [0.1, 0.15) is 10.4 Å². The van der Waals surface area contributed by atoms with Crippen molar-refractivity contribution in [2.45, 2.75) is 0 Å². The summed E-state index contributed by atoms with van der Waals surface area (Å²) in [6.45, 7) is 0. The van der Waals surface area contributed by atoms with Crippen molar-refractivity contribution in [3.05, 3.63) is 53.9 Å². The molecule has 0 saturated carbocycles. The molecule has 1 amide bonds. The highest BCUT2D eigenvalue weighted by molar-refractivity contribution is 6.12. The van der Waals surface area contributed by atoms with Crippen molar-refractivity contribution in [1.82, 2.24) is 9.97 Å². The smallest absolute Gasteiger partial charge is 0.256 e. The third-order valence-electron chi connectivity index (χ3n) is 3.06. The molecule has 0 aliphatic carbocycles. The lowest BCUT2D eigenvalue weighted by Gasteiger charge is -2.09. The van der Waals surface area contributed by atoms with E-state index in [1.807, 2.05) is 0 Å². The van der Waals surface area contributed by atoms with Gasteiger partial charge in [-0.15, -0.1) is 0 Å². The van der Waals surface area contributed by atoms with E-state index in [4.69, 9.17) is 5.73 Å². The van der Waals surface area contributed by atoms with Crippen LogP contribution >= 0.6 is 0 Å². The number of nitrogens with one attached hydrogen (secondary N) is 2. The summed E-state index contributed by atoms with van der Waals surface area (Å²) in [4.78, 5) is 19.1. The number of hydrogen-bond donors (Lipinski definition) is 3. The molecule has 1 aromatic carbocycles. The first-order chi connectivity index (χ1) is 10.1. The molecule has 7 heteroatoms. The largest absolute Gasteiger partial charge is 0.396 e. The number of nitrogen functional groups attached to an aromatic ring is 1. The maximum absolute atomic E-state index is 13.8. The number of fused-ring (bicyclic) bond motifs is 1. The summed E-state index contributed by atoms with van der Waals surface area (Å²) in [6, 6.07) is 5.21. The highest BCUT2D eigenvalue weighted by Crippen LogP contribution is 2.25. The lowest BCUT2D eigenvalue weighted by atomic mass is 10.1. The van der Waals surface area contributed by atoms with Gasteiger partial charge < -0.3 is 16.0 Å². The number of pyridine rings is 1. The number of carbonyl (C=O) groups excluding carboxylic acids is 1. The number of nitrogens with two attached hydrogens (primary N) is 1. The molecule has 0 saturated heterocycles. The third-order valence-corrected chi connectivity index (χ3v) is 3.06. The number of nitrogens with zero attached hydrogens (tertiary/aromatic N) is 1. The van der Waals surface area contributed by atoms with Crippen LogP contribution in [-0.4, -0.2) is 15.9 Å². The van der Waals surface area contributed by atoms with Gasteiger partial charge in [-0.25, -0.2) is 13.8 Å². The van der Waals surface area contributed by atoms with Gasteiger partial charge in [0.25, 0.3) is 5.91 Å². The van der Waals surface area contributed by atoms with Gasteiger partial charge in [0.15, 0.2) is 5.82 Å². The Morgan fingerprint density at radius 3 is 2.86 bits per heavy atom. The average molecular weight is 288 g/mol. The number of rotatable bonds is 2. The van der Waals surface area contributed by atoms with Gasteiger partial charge in [0.05, 0.1) is 11.3 Å². The van der Waals surface area contributed by atoms with E-state index >= 15 is 0 Å². The van der Waals surface area contributed by atoms with Gasteiger partial charge >= 0.3 is 0 Å². The van der Waals surface area contributed by atoms with Crippen LogP contribution in [-0.2, 0) is 0 Å². The number of H-pyrrole nitrogens is 1. The second kappa shape index (κ2) is 4.86. The number of carbonyl (C=O) groups is 1. The molecule has 5 nitrogen and oxygen atoms in total. The molecule has 0 bridgehead atoms. The molecular formula is C14H10F2N4O. The molecule has 106 valence electrons. The highest BCUT2D eigenvalue weighted by Gasteiger charge is 2.17.